The van der Waals surface area contributed by atoms with Crippen molar-refractivity contribution in [3.05, 3.63) is 27.1 Å². The van der Waals surface area contributed by atoms with Crippen LogP contribution < -0.4 is 5.32 Å². The van der Waals surface area contributed by atoms with Crippen LogP contribution in [0, 0.1) is 13.8 Å². The van der Waals surface area contributed by atoms with Crippen molar-refractivity contribution in [3.8, 4) is 0 Å². The van der Waals surface area contributed by atoms with E-state index in [4.69, 9.17) is 5.11 Å². The molecule has 0 aliphatic heterocycles. The quantitative estimate of drug-likeness (QED) is 0.900. The van der Waals surface area contributed by atoms with Gasteiger partial charge in [0.2, 0.25) is 0 Å². The standard InChI is InChI=1S/C10H9N3O3S2/c1-4-3-6(10(15)16)9(17-4)11-8(14)7-5(2)12-13-18-7/h3H,1-2H3,(H,11,14)(H,15,16). The summed E-state index contributed by atoms with van der Waals surface area (Å²) >= 11 is 2.21. The molecular formula is C10H9N3O3S2. The highest BCUT2D eigenvalue weighted by atomic mass is 32.1. The van der Waals surface area contributed by atoms with Crippen LogP contribution in [0.15, 0.2) is 6.07 Å². The number of carbonyl (C=O) groups excluding carboxylic acids is 1. The van der Waals surface area contributed by atoms with Crippen LogP contribution in [0.5, 0.6) is 0 Å². The summed E-state index contributed by atoms with van der Waals surface area (Å²) in [5.74, 6) is -1.44. The van der Waals surface area contributed by atoms with Gasteiger partial charge in [0.05, 0.1) is 11.3 Å². The SMILES string of the molecule is Cc1cc(C(=O)O)c(NC(=O)c2snnc2C)s1. The maximum Gasteiger partial charge on any atom is 0.338 e. The predicted octanol–water partition coefficient (Wildman–Crippen LogP) is 2.17. The van der Waals surface area contributed by atoms with E-state index in [0.29, 0.717) is 15.6 Å². The Labute approximate surface area is 110 Å². The van der Waals surface area contributed by atoms with Crippen molar-refractivity contribution in [1.29, 1.82) is 0 Å². The first-order chi connectivity index (χ1) is 8.49. The number of nitrogens with one attached hydrogen (secondary N) is 1. The van der Waals surface area contributed by atoms with Crippen LogP contribution >= 0.6 is 22.9 Å². The number of amides is 1. The Morgan fingerprint density at radius 3 is 2.67 bits per heavy atom. The fourth-order valence-electron chi connectivity index (χ4n) is 1.37. The van der Waals surface area contributed by atoms with Crippen molar-refractivity contribution in [2.24, 2.45) is 0 Å². The van der Waals surface area contributed by atoms with E-state index >= 15 is 0 Å². The lowest BCUT2D eigenvalue weighted by Gasteiger charge is -2.01. The number of thiophene rings is 1. The van der Waals surface area contributed by atoms with E-state index in [0.717, 1.165) is 16.4 Å². The summed E-state index contributed by atoms with van der Waals surface area (Å²) in [5.41, 5.74) is 0.628. The number of carbonyl (C=O) groups is 2. The third-order valence-electron chi connectivity index (χ3n) is 2.17. The van der Waals surface area contributed by atoms with Gasteiger partial charge in [-0.25, -0.2) is 4.79 Å². The van der Waals surface area contributed by atoms with Gasteiger partial charge in [0.1, 0.15) is 9.88 Å². The molecule has 0 aromatic carbocycles. The Hall–Kier alpha value is -1.80. The summed E-state index contributed by atoms with van der Waals surface area (Å²) < 4.78 is 3.67. The summed E-state index contributed by atoms with van der Waals surface area (Å²) in [4.78, 5) is 24.1. The monoisotopic (exact) mass is 283 g/mol. The van der Waals surface area contributed by atoms with Crippen LogP contribution in [0.2, 0.25) is 0 Å². The molecule has 2 aromatic rings. The number of aromatic carboxylic acids is 1. The minimum atomic E-state index is -1.06. The fourth-order valence-corrected chi connectivity index (χ4v) is 2.82. The molecule has 0 fully saturated rings. The number of anilines is 1. The van der Waals surface area contributed by atoms with E-state index in [9.17, 15) is 9.59 Å². The van der Waals surface area contributed by atoms with Crippen LogP contribution in [-0.4, -0.2) is 26.6 Å². The molecule has 2 N–H and O–H groups in total. The summed E-state index contributed by atoms with van der Waals surface area (Å²) in [6.45, 7) is 3.46. The van der Waals surface area contributed by atoms with Gasteiger partial charge in [-0.3, -0.25) is 4.79 Å². The molecule has 2 rings (SSSR count). The van der Waals surface area contributed by atoms with Gasteiger partial charge < -0.3 is 10.4 Å². The van der Waals surface area contributed by atoms with E-state index in [1.165, 1.54) is 17.4 Å². The van der Waals surface area contributed by atoms with E-state index < -0.39 is 5.97 Å². The number of carboxylic acid groups (broad SMARTS) is 1. The van der Waals surface area contributed by atoms with E-state index in [1.54, 1.807) is 13.8 Å². The minimum Gasteiger partial charge on any atom is -0.478 e. The fraction of sp³-hybridized carbons (Fsp3) is 0.200. The zero-order valence-corrected chi connectivity index (χ0v) is 11.2. The van der Waals surface area contributed by atoms with Gasteiger partial charge in [0, 0.05) is 4.88 Å². The molecule has 2 heterocycles. The molecule has 0 saturated carbocycles. The second-order valence-electron chi connectivity index (χ2n) is 3.55. The lowest BCUT2D eigenvalue weighted by molar-refractivity contribution is 0.0698. The Balaban J connectivity index is 2.27. The van der Waals surface area contributed by atoms with E-state index in [2.05, 4.69) is 14.9 Å². The Morgan fingerprint density at radius 1 is 1.39 bits per heavy atom. The Bertz CT molecular complexity index is 618. The molecule has 0 bridgehead atoms. The zero-order chi connectivity index (χ0) is 13.3. The summed E-state index contributed by atoms with van der Waals surface area (Å²) in [6, 6.07) is 1.53. The van der Waals surface area contributed by atoms with Gasteiger partial charge in [-0.15, -0.1) is 16.4 Å². The maximum absolute atomic E-state index is 11.9. The van der Waals surface area contributed by atoms with E-state index in [1.807, 2.05) is 0 Å². The topological polar surface area (TPSA) is 92.2 Å². The average Bonchev–Trinajstić information content (AvgIpc) is 2.84. The van der Waals surface area contributed by atoms with Crippen molar-refractivity contribution in [2.45, 2.75) is 13.8 Å². The first kappa shape index (κ1) is 12.7. The molecule has 0 aliphatic carbocycles. The van der Waals surface area contributed by atoms with Crippen molar-refractivity contribution >= 4 is 39.7 Å². The molecule has 0 aliphatic rings. The van der Waals surface area contributed by atoms with Crippen molar-refractivity contribution in [2.75, 3.05) is 5.32 Å². The predicted molar refractivity (Wildman–Crippen MR) is 68.6 cm³/mol. The average molecular weight is 283 g/mol. The van der Waals surface area contributed by atoms with Gasteiger partial charge in [0.15, 0.2) is 0 Å². The number of rotatable bonds is 3. The van der Waals surface area contributed by atoms with Crippen molar-refractivity contribution in [3.63, 3.8) is 0 Å². The Kier molecular flexibility index (Phi) is 3.39. The van der Waals surface area contributed by atoms with Gasteiger partial charge >= 0.3 is 5.97 Å². The zero-order valence-electron chi connectivity index (χ0n) is 9.55. The molecule has 2 aromatic heterocycles. The van der Waals surface area contributed by atoms with Crippen LogP contribution in [0.25, 0.3) is 0 Å². The largest absolute Gasteiger partial charge is 0.478 e. The minimum absolute atomic E-state index is 0.0981. The lowest BCUT2D eigenvalue weighted by atomic mass is 10.3. The molecule has 18 heavy (non-hydrogen) atoms. The molecule has 0 unspecified atom stereocenters. The molecule has 94 valence electrons. The molecule has 1 amide bonds. The number of hydrogen-bond acceptors (Lipinski definition) is 6. The molecule has 6 nitrogen and oxygen atoms in total. The van der Waals surface area contributed by atoms with Crippen LogP contribution in [0.1, 0.15) is 30.6 Å². The molecule has 0 atom stereocenters. The second kappa shape index (κ2) is 4.83. The highest BCUT2D eigenvalue weighted by Crippen LogP contribution is 2.28. The lowest BCUT2D eigenvalue weighted by Crippen LogP contribution is -2.12. The van der Waals surface area contributed by atoms with Gasteiger partial charge in [0.25, 0.3) is 5.91 Å². The van der Waals surface area contributed by atoms with Crippen molar-refractivity contribution < 1.29 is 14.7 Å². The van der Waals surface area contributed by atoms with Crippen LogP contribution in [0.3, 0.4) is 0 Å². The normalized spacial score (nSPS) is 10.3. The number of aryl methyl sites for hydroxylation is 2. The third-order valence-corrected chi connectivity index (χ3v) is 3.96. The van der Waals surface area contributed by atoms with Gasteiger partial charge in [-0.05, 0) is 31.4 Å². The summed E-state index contributed by atoms with van der Waals surface area (Å²) in [7, 11) is 0. The summed E-state index contributed by atoms with van der Waals surface area (Å²) in [6.07, 6.45) is 0. The number of carboxylic acids is 1. The van der Waals surface area contributed by atoms with Gasteiger partial charge in [-0.2, -0.15) is 0 Å². The first-order valence-corrected chi connectivity index (χ1v) is 6.52. The molecule has 0 saturated heterocycles. The smallest absolute Gasteiger partial charge is 0.338 e. The van der Waals surface area contributed by atoms with Crippen LogP contribution in [-0.2, 0) is 0 Å². The maximum atomic E-state index is 11.9. The Morgan fingerprint density at radius 2 is 2.11 bits per heavy atom. The highest BCUT2D eigenvalue weighted by Gasteiger charge is 2.19. The molecular weight excluding hydrogens is 274 g/mol. The number of nitrogens with zero attached hydrogens (tertiary/aromatic N) is 2. The molecule has 0 spiro atoms. The number of hydrogen-bond donors (Lipinski definition) is 2. The van der Waals surface area contributed by atoms with Crippen molar-refractivity contribution in [1.82, 2.24) is 9.59 Å². The number of aromatic nitrogens is 2. The van der Waals surface area contributed by atoms with Crippen LogP contribution in [0.4, 0.5) is 5.00 Å². The molecule has 0 radical (unpaired) electrons. The molecule has 8 heteroatoms. The third kappa shape index (κ3) is 2.39. The first-order valence-electron chi connectivity index (χ1n) is 4.93. The summed E-state index contributed by atoms with van der Waals surface area (Å²) in [5, 5.41) is 15.7. The van der Waals surface area contributed by atoms with E-state index in [-0.39, 0.29) is 11.5 Å². The van der Waals surface area contributed by atoms with Gasteiger partial charge in [-0.1, -0.05) is 4.49 Å². The second-order valence-corrected chi connectivity index (χ2v) is 5.56. The highest BCUT2D eigenvalue weighted by molar-refractivity contribution is 7.16.